The Bertz CT molecular complexity index is 466. The monoisotopic (exact) mass is 263 g/mol. The zero-order valence-corrected chi connectivity index (χ0v) is 12.3. The molecule has 3 nitrogen and oxygen atoms in total. The van der Waals surface area contributed by atoms with Crippen LogP contribution in [0, 0.1) is 13.8 Å². The Labute approximate surface area is 115 Å². The van der Waals surface area contributed by atoms with E-state index in [0.29, 0.717) is 11.4 Å². The van der Waals surface area contributed by atoms with E-state index >= 15 is 0 Å². The summed E-state index contributed by atoms with van der Waals surface area (Å²) >= 11 is 4.96. The fraction of sp³-hybridized carbons (Fsp3) is 0.429. The van der Waals surface area contributed by atoms with Crippen molar-refractivity contribution in [3.63, 3.8) is 0 Å². The first-order valence-electron chi connectivity index (χ1n) is 6.07. The van der Waals surface area contributed by atoms with Crippen molar-refractivity contribution in [1.82, 2.24) is 4.90 Å². The molecule has 1 aromatic rings. The van der Waals surface area contributed by atoms with Crippen LogP contribution in [0.15, 0.2) is 17.1 Å². The summed E-state index contributed by atoms with van der Waals surface area (Å²) in [5.74, 6) is 0. The van der Waals surface area contributed by atoms with Crippen molar-refractivity contribution in [2.75, 3.05) is 13.6 Å². The molecule has 98 valence electrons. The van der Waals surface area contributed by atoms with Crippen LogP contribution in [0.2, 0.25) is 0 Å². The minimum Gasteiger partial charge on any atom is -0.393 e. The van der Waals surface area contributed by atoms with Gasteiger partial charge < -0.3 is 10.6 Å². The zero-order valence-electron chi connectivity index (χ0n) is 11.5. The summed E-state index contributed by atoms with van der Waals surface area (Å²) in [7, 11) is 2.01. The molecule has 0 aliphatic carbocycles. The van der Waals surface area contributed by atoms with Gasteiger partial charge in [0, 0.05) is 20.0 Å². The SMILES string of the molecule is CCN(C)/C=N/c1cc(C)c(CC(N)=S)cc1C. The lowest BCUT2D eigenvalue weighted by Crippen LogP contribution is -2.14. The largest absolute Gasteiger partial charge is 0.393 e. The molecule has 0 atom stereocenters. The highest BCUT2D eigenvalue weighted by atomic mass is 32.1. The van der Waals surface area contributed by atoms with Gasteiger partial charge >= 0.3 is 0 Å². The molecular formula is C14H21N3S. The molecule has 0 saturated heterocycles. The molecular weight excluding hydrogens is 242 g/mol. The summed E-state index contributed by atoms with van der Waals surface area (Å²) in [4.78, 5) is 7.06. The van der Waals surface area contributed by atoms with Gasteiger partial charge in [-0.3, -0.25) is 0 Å². The maximum Gasteiger partial charge on any atom is 0.0909 e. The molecule has 0 fully saturated rings. The minimum absolute atomic E-state index is 0.527. The Kier molecular flexibility index (Phi) is 5.28. The Balaban J connectivity index is 2.99. The third-order valence-electron chi connectivity index (χ3n) is 2.91. The molecule has 0 bridgehead atoms. The molecule has 0 spiro atoms. The van der Waals surface area contributed by atoms with E-state index in [2.05, 4.69) is 37.9 Å². The molecule has 1 aromatic carbocycles. The zero-order chi connectivity index (χ0) is 13.7. The molecule has 0 unspecified atom stereocenters. The number of nitrogens with two attached hydrogens (primary N) is 1. The van der Waals surface area contributed by atoms with E-state index in [-0.39, 0.29) is 0 Å². The number of benzene rings is 1. The van der Waals surface area contributed by atoms with Crippen LogP contribution in [0.1, 0.15) is 23.6 Å². The number of rotatable bonds is 5. The van der Waals surface area contributed by atoms with Crippen LogP contribution < -0.4 is 5.73 Å². The van der Waals surface area contributed by atoms with Gasteiger partial charge in [0.1, 0.15) is 0 Å². The number of hydrogen-bond donors (Lipinski definition) is 1. The van der Waals surface area contributed by atoms with Gasteiger partial charge in [-0.1, -0.05) is 18.3 Å². The lowest BCUT2D eigenvalue weighted by molar-refractivity contribution is 0.552. The molecule has 1 rings (SSSR count). The fourth-order valence-electron chi connectivity index (χ4n) is 1.62. The van der Waals surface area contributed by atoms with Crippen LogP contribution in [0.4, 0.5) is 5.69 Å². The quantitative estimate of drug-likeness (QED) is 0.504. The molecule has 0 amide bonds. The summed E-state index contributed by atoms with van der Waals surface area (Å²) in [6, 6.07) is 4.20. The number of hydrogen-bond acceptors (Lipinski definition) is 2. The summed E-state index contributed by atoms with van der Waals surface area (Å²) in [5.41, 5.74) is 10.1. The van der Waals surface area contributed by atoms with Gasteiger partial charge in [-0.2, -0.15) is 0 Å². The predicted molar refractivity (Wildman–Crippen MR) is 82.9 cm³/mol. The summed E-state index contributed by atoms with van der Waals surface area (Å²) in [6.45, 7) is 7.16. The van der Waals surface area contributed by atoms with Gasteiger partial charge in [-0.25, -0.2) is 4.99 Å². The Morgan fingerprint density at radius 2 is 2.06 bits per heavy atom. The van der Waals surface area contributed by atoms with E-state index in [9.17, 15) is 0 Å². The van der Waals surface area contributed by atoms with Gasteiger partial charge in [0.05, 0.1) is 17.0 Å². The van der Waals surface area contributed by atoms with Crippen molar-refractivity contribution >= 4 is 29.2 Å². The molecule has 0 aromatic heterocycles. The van der Waals surface area contributed by atoms with Crippen LogP contribution in [0.25, 0.3) is 0 Å². The van der Waals surface area contributed by atoms with Crippen molar-refractivity contribution < 1.29 is 0 Å². The standard InChI is InChI=1S/C14H21N3S/c1-5-17(4)9-16-13-7-10(2)12(6-11(13)3)8-14(15)18/h6-7,9H,5,8H2,1-4H3,(H2,15,18)/b16-9+. The third-order valence-corrected chi connectivity index (χ3v) is 3.06. The molecule has 0 saturated carbocycles. The molecule has 4 heteroatoms. The summed E-state index contributed by atoms with van der Waals surface area (Å²) in [5, 5.41) is 0. The van der Waals surface area contributed by atoms with Gasteiger partial charge in [0.15, 0.2) is 0 Å². The Morgan fingerprint density at radius 1 is 1.39 bits per heavy atom. The van der Waals surface area contributed by atoms with Crippen molar-refractivity contribution in [1.29, 1.82) is 0 Å². The van der Waals surface area contributed by atoms with Crippen molar-refractivity contribution in [3.8, 4) is 0 Å². The van der Waals surface area contributed by atoms with Crippen LogP contribution in [-0.2, 0) is 6.42 Å². The highest BCUT2D eigenvalue weighted by molar-refractivity contribution is 7.80. The third kappa shape index (κ3) is 4.11. The second-order valence-electron chi connectivity index (χ2n) is 4.53. The first-order valence-corrected chi connectivity index (χ1v) is 6.47. The van der Waals surface area contributed by atoms with Crippen LogP contribution in [0.3, 0.4) is 0 Å². The Hall–Kier alpha value is -1.42. The smallest absolute Gasteiger partial charge is 0.0909 e. The number of thiocarbonyl (C=S) groups is 1. The van der Waals surface area contributed by atoms with E-state index in [1.807, 2.05) is 18.3 Å². The number of aryl methyl sites for hydroxylation is 2. The maximum absolute atomic E-state index is 5.59. The average molecular weight is 263 g/mol. The Morgan fingerprint density at radius 3 is 2.61 bits per heavy atom. The normalized spacial score (nSPS) is 10.9. The fourth-order valence-corrected chi connectivity index (χ4v) is 1.78. The number of aliphatic imine (C=N–C) groups is 1. The molecule has 0 radical (unpaired) electrons. The highest BCUT2D eigenvalue weighted by Crippen LogP contribution is 2.23. The topological polar surface area (TPSA) is 41.6 Å². The maximum atomic E-state index is 5.59. The lowest BCUT2D eigenvalue weighted by atomic mass is 10.0. The summed E-state index contributed by atoms with van der Waals surface area (Å²) in [6.07, 6.45) is 2.51. The lowest BCUT2D eigenvalue weighted by Gasteiger charge is -2.11. The summed E-state index contributed by atoms with van der Waals surface area (Å²) < 4.78 is 0. The predicted octanol–water partition coefficient (Wildman–Crippen LogP) is 2.74. The minimum atomic E-state index is 0.527. The first kappa shape index (κ1) is 14.6. The molecule has 2 N–H and O–H groups in total. The van der Waals surface area contributed by atoms with E-state index < -0.39 is 0 Å². The molecule has 18 heavy (non-hydrogen) atoms. The van der Waals surface area contributed by atoms with Crippen LogP contribution >= 0.6 is 12.2 Å². The van der Waals surface area contributed by atoms with Gasteiger partial charge in [0.25, 0.3) is 0 Å². The van der Waals surface area contributed by atoms with Crippen molar-refractivity contribution in [2.24, 2.45) is 10.7 Å². The second kappa shape index (κ2) is 6.50. The van der Waals surface area contributed by atoms with Crippen LogP contribution in [0.5, 0.6) is 0 Å². The number of nitrogens with zero attached hydrogens (tertiary/aromatic N) is 2. The van der Waals surface area contributed by atoms with E-state index in [1.165, 1.54) is 11.1 Å². The van der Waals surface area contributed by atoms with Crippen molar-refractivity contribution in [3.05, 3.63) is 28.8 Å². The molecule has 0 heterocycles. The molecule has 0 aliphatic heterocycles. The first-order chi connectivity index (χ1) is 8.43. The second-order valence-corrected chi connectivity index (χ2v) is 5.05. The van der Waals surface area contributed by atoms with E-state index in [0.717, 1.165) is 17.8 Å². The van der Waals surface area contributed by atoms with E-state index in [4.69, 9.17) is 18.0 Å². The van der Waals surface area contributed by atoms with Crippen LogP contribution in [-0.4, -0.2) is 29.8 Å². The average Bonchev–Trinajstić information content (AvgIpc) is 2.30. The van der Waals surface area contributed by atoms with Gasteiger partial charge in [-0.15, -0.1) is 0 Å². The van der Waals surface area contributed by atoms with Gasteiger partial charge in [0.2, 0.25) is 0 Å². The van der Waals surface area contributed by atoms with Crippen molar-refractivity contribution in [2.45, 2.75) is 27.2 Å². The van der Waals surface area contributed by atoms with E-state index in [1.54, 1.807) is 0 Å². The highest BCUT2D eigenvalue weighted by Gasteiger charge is 2.05. The van der Waals surface area contributed by atoms with Gasteiger partial charge in [-0.05, 0) is 43.5 Å². The molecule has 0 aliphatic rings.